The van der Waals surface area contributed by atoms with Crippen molar-refractivity contribution in [2.45, 2.75) is 6.92 Å². The van der Waals surface area contributed by atoms with Crippen LogP contribution in [-0.4, -0.2) is 19.6 Å². The molecule has 0 aliphatic heterocycles. The zero-order valence-electron chi connectivity index (χ0n) is 6.61. The minimum atomic E-state index is 0.752. The number of aryl methyl sites for hydroxylation is 1. The average molecular weight is 150 g/mol. The highest BCUT2D eigenvalue weighted by Gasteiger charge is 1.91. The van der Waals surface area contributed by atoms with E-state index in [4.69, 9.17) is 4.42 Å². The fraction of sp³-hybridized carbons (Fsp3) is 0.250. The van der Waals surface area contributed by atoms with Gasteiger partial charge in [0.15, 0.2) is 0 Å². The summed E-state index contributed by atoms with van der Waals surface area (Å²) >= 11 is 0. The molecule has 0 aliphatic rings. The number of rotatable bonds is 2. The highest BCUT2D eigenvalue weighted by molar-refractivity contribution is 5.82. The molecule has 0 N–H and O–H groups in total. The van der Waals surface area contributed by atoms with Gasteiger partial charge < -0.3 is 4.42 Å². The Balaban J connectivity index is 2.64. The monoisotopic (exact) mass is 150 g/mol. The lowest BCUT2D eigenvalue weighted by Gasteiger charge is -1.80. The molecule has 0 spiro atoms. The second kappa shape index (κ2) is 3.71. The molecule has 0 amide bonds. The zero-order valence-corrected chi connectivity index (χ0v) is 6.61. The summed E-state index contributed by atoms with van der Waals surface area (Å²) in [6.45, 7) is 1.89. The van der Waals surface area contributed by atoms with E-state index in [0.29, 0.717) is 0 Å². The number of hydrogen-bond donors (Lipinski definition) is 0. The lowest BCUT2D eigenvalue weighted by molar-refractivity contribution is 0.528. The highest BCUT2D eigenvalue weighted by atomic mass is 16.3. The first-order chi connectivity index (χ1) is 5.33. The van der Waals surface area contributed by atoms with Gasteiger partial charge in [-0.25, -0.2) is 4.99 Å². The van der Waals surface area contributed by atoms with Crippen LogP contribution in [-0.2, 0) is 0 Å². The average Bonchev–Trinajstić information content (AvgIpc) is 2.37. The molecule has 3 nitrogen and oxygen atoms in total. The van der Waals surface area contributed by atoms with E-state index in [2.05, 4.69) is 9.98 Å². The standard InChI is InChI=1S/C8H10N2O/c1-7-3-4-8(11-7)5-10-6-9-2/h3-6H,1-2H3. The third kappa shape index (κ3) is 2.37. The second-order valence-electron chi connectivity index (χ2n) is 2.10. The Bertz CT molecular complexity index is 273. The molecule has 0 saturated carbocycles. The summed E-state index contributed by atoms with van der Waals surface area (Å²) in [5.74, 6) is 1.64. The summed E-state index contributed by atoms with van der Waals surface area (Å²) in [4.78, 5) is 7.56. The van der Waals surface area contributed by atoms with Gasteiger partial charge in [-0.1, -0.05) is 0 Å². The predicted molar refractivity (Wildman–Crippen MR) is 45.5 cm³/mol. The Morgan fingerprint density at radius 1 is 1.45 bits per heavy atom. The van der Waals surface area contributed by atoms with Gasteiger partial charge in [0.05, 0.1) is 6.21 Å². The van der Waals surface area contributed by atoms with Crippen LogP contribution in [0.5, 0.6) is 0 Å². The molecule has 0 atom stereocenters. The molecule has 58 valence electrons. The summed E-state index contributed by atoms with van der Waals surface area (Å²) < 4.78 is 5.22. The fourth-order valence-electron chi connectivity index (χ4n) is 0.696. The summed E-state index contributed by atoms with van der Waals surface area (Å²) in [5, 5.41) is 0. The van der Waals surface area contributed by atoms with Crippen LogP contribution in [0.1, 0.15) is 11.5 Å². The Labute approximate surface area is 65.5 Å². The molecule has 1 rings (SSSR count). The molecule has 0 radical (unpaired) electrons. The van der Waals surface area contributed by atoms with Crippen molar-refractivity contribution < 1.29 is 4.42 Å². The van der Waals surface area contributed by atoms with Gasteiger partial charge >= 0.3 is 0 Å². The SMILES string of the molecule is CN=CN=Cc1ccc(C)o1. The number of aliphatic imine (C=N–C) groups is 2. The quantitative estimate of drug-likeness (QED) is 0.466. The van der Waals surface area contributed by atoms with Crippen molar-refractivity contribution in [3.8, 4) is 0 Å². The van der Waals surface area contributed by atoms with E-state index in [1.54, 1.807) is 13.3 Å². The van der Waals surface area contributed by atoms with Crippen molar-refractivity contribution in [3.63, 3.8) is 0 Å². The molecule has 0 aromatic carbocycles. The molecule has 1 heterocycles. The van der Waals surface area contributed by atoms with Crippen molar-refractivity contribution in [1.82, 2.24) is 0 Å². The van der Waals surface area contributed by atoms with Crippen LogP contribution in [0.15, 0.2) is 26.5 Å². The van der Waals surface area contributed by atoms with Gasteiger partial charge in [0.1, 0.15) is 17.9 Å². The van der Waals surface area contributed by atoms with E-state index >= 15 is 0 Å². The van der Waals surface area contributed by atoms with Crippen LogP contribution in [0, 0.1) is 6.92 Å². The molecule has 1 aromatic rings. The maximum absolute atomic E-state index is 5.22. The normalized spacial score (nSPS) is 11.8. The minimum Gasteiger partial charge on any atom is -0.460 e. The molecule has 0 fully saturated rings. The summed E-state index contributed by atoms with van der Waals surface area (Å²) in [7, 11) is 1.67. The van der Waals surface area contributed by atoms with Crippen molar-refractivity contribution >= 4 is 12.6 Å². The molecule has 1 aromatic heterocycles. The van der Waals surface area contributed by atoms with Crippen LogP contribution >= 0.6 is 0 Å². The summed E-state index contributed by atoms with van der Waals surface area (Å²) in [6.07, 6.45) is 3.10. The van der Waals surface area contributed by atoms with Crippen LogP contribution in [0.2, 0.25) is 0 Å². The summed E-state index contributed by atoms with van der Waals surface area (Å²) in [5.41, 5.74) is 0. The Morgan fingerprint density at radius 3 is 2.82 bits per heavy atom. The van der Waals surface area contributed by atoms with E-state index in [0.717, 1.165) is 11.5 Å². The first-order valence-corrected chi connectivity index (χ1v) is 3.33. The van der Waals surface area contributed by atoms with Crippen molar-refractivity contribution in [3.05, 3.63) is 23.7 Å². The molecule has 0 saturated heterocycles. The van der Waals surface area contributed by atoms with Crippen molar-refractivity contribution in [1.29, 1.82) is 0 Å². The lowest BCUT2D eigenvalue weighted by atomic mass is 10.4. The molecule has 0 aliphatic carbocycles. The molecule has 11 heavy (non-hydrogen) atoms. The van der Waals surface area contributed by atoms with Crippen LogP contribution in [0.25, 0.3) is 0 Å². The van der Waals surface area contributed by atoms with Crippen molar-refractivity contribution in [2.24, 2.45) is 9.98 Å². The Hall–Kier alpha value is -1.38. The highest BCUT2D eigenvalue weighted by Crippen LogP contribution is 2.02. The fourth-order valence-corrected chi connectivity index (χ4v) is 0.696. The number of hydrogen-bond acceptors (Lipinski definition) is 2. The number of furan rings is 1. The van der Waals surface area contributed by atoms with Crippen molar-refractivity contribution in [2.75, 3.05) is 7.05 Å². The first kappa shape index (κ1) is 7.72. The van der Waals surface area contributed by atoms with E-state index in [1.807, 2.05) is 19.1 Å². The van der Waals surface area contributed by atoms with E-state index in [-0.39, 0.29) is 0 Å². The topological polar surface area (TPSA) is 37.9 Å². The van der Waals surface area contributed by atoms with Crippen LogP contribution in [0.4, 0.5) is 0 Å². The molecular formula is C8H10N2O. The first-order valence-electron chi connectivity index (χ1n) is 3.33. The van der Waals surface area contributed by atoms with Crippen LogP contribution in [0.3, 0.4) is 0 Å². The predicted octanol–water partition coefficient (Wildman–Crippen LogP) is 1.67. The van der Waals surface area contributed by atoms with E-state index < -0.39 is 0 Å². The Morgan fingerprint density at radius 2 is 2.27 bits per heavy atom. The molecular weight excluding hydrogens is 140 g/mol. The third-order valence-corrected chi connectivity index (χ3v) is 1.15. The molecule has 0 bridgehead atoms. The van der Waals surface area contributed by atoms with E-state index in [9.17, 15) is 0 Å². The van der Waals surface area contributed by atoms with E-state index in [1.165, 1.54) is 6.34 Å². The molecule has 3 heteroatoms. The zero-order chi connectivity index (χ0) is 8.10. The van der Waals surface area contributed by atoms with Gasteiger partial charge in [0.2, 0.25) is 0 Å². The third-order valence-electron chi connectivity index (χ3n) is 1.15. The maximum atomic E-state index is 5.22. The van der Waals surface area contributed by atoms with Gasteiger partial charge in [-0.15, -0.1) is 0 Å². The lowest BCUT2D eigenvalue weighted by Crippen LogP contribution is -1.74. The Kier molecular flexibility index (Phi) is 2.60. The van der Waals surface area contributed by atoms with Gasteiger partial charge in [0.25, 0.3) is 0 Å². The smallest absolute Gasteiger partial charge is 0.145 e. The largest absolute Gasteiger partial charge is 0.460 e. The summed E-state index contributed by atoms with van der Waals surface area (Å²) in [6, 6.07) is 3.76. The minimum absolute atomic E-state index is 0.752. The van der Waals surface area contributed by atoms with Gasteiger partial charge in [0, 0.05) is 7.05 Å². The van der Waals surface area contributed by atoms with Gasteiger partial charge in [-0.2, -0.15) is 0 Å². The van der Waals surface area contributed by atoms with Gasteiger partial charge in [-0.05, 0) is 19.1 Å². The van der Waals surface area contributed by atoms with Crippen LogP contribution < -0.4 is 0 Å². The number of nitrogens with zero attached hydrogens (tertiary/aromatic N) is 2. The maximum Gasteiger partial charge on any atom is 0.145 e. The molecule has 0 unspecified atom stereocenters. The van der Waals surface area contributed by atoms with Gasteiger partial charge in [-0.3, -0.25) is 4.99 Å². The second-order valence-corrected chi connectivity index (χ2v) is 2.10.